The number of para-hydroxylation sites is 1. The number of aryl methyl sites for hydroxylation is 2. The minimum atomic E-state index is -0.307. The molecule has 0 bridgehead atoms. The Bertz CT molecular complexity index is 1070. The van der Waals surface area contributed by atoms with Crippen LogP contribution in [0.25, 0.3) is 0 Å². The van der Waals surface area contributed by atoms with E-state index in [2.05, 4.69) is 18.3 Å². The largest absolute Gasteiger partial charge is 0.383 e. The van der Waals surface area contributed by atoms with Crippen LogP contribution in [0.3, 0.4) is 0 Å². The van der Waals surface area contributed by atoms with E-state index in [4.69, 9.17) is 4.74 Å². The lowest BCUT2D eigenvalue weighted by molar-refractivity contribution is -0.133. The number of hydrogen-bond acceptors (Lipinski definition) is 4. The first-order valence-electron chi connectivity index (χ1n) is 11.5. The van der Waals surface area contributed by atoms with E-state index in [9.17, 15) is 9.59 Å². The van der Waals surface area contributed by atoms with Crippen LogP contribution in [0.5, 0.6) is 0 Å². The molecule has 0 unspecified atom stereocenters. The number of thiophene rings is 1. The summed E-state index contributed by atoms with van der Waals surface area (Å²) in [7, 11) is 1.59. The fraction of sp³-hybridized carbons (Fsp3) is 0.333. The van der Waals surface area contributed by atoms with E-state index in [1.807, 2.05) is 71.8 Å². The van der Waals surface area contributed by atoms with Crippen molar-refractivity contribution in [2.75, 3.05) is 32.1 Å². The van der Waals surface area contributed by atoms with Gasteiger partial charge in [-0.05, 0) is 47.5 Å². The summed E-state index contributed by atoms with van der Waals surface area (Å²) in [5.74, 6) is -0.105. The van der Waals surface area contributed by atoms with Gasteiger partial charge in [0, 0.05) is 30.8 Å². The number of nitrogens with one attached hydrogen (secondary N) is 1. The zero-order chi connectivity index (χ0) is 24.3. The van der Waals surface area contributed by atoms with Crippen molar-refractivity contribution >= 4 is 29.0 Å². The Morgan fingerprint density at radius 1 is 0.971 bits per heavy atom. The third-order valence-corrected chi connectivity index (χ3v) is 6.70. The quantitative estimate of drug-likeness (QED) is 0.404. The van der Waals surface area contributed by atoms with E-state index in [1.165, 1.54) is 10.5 Å². The molecule has 180 valence electrons. The molecule has 1 aromatic heterocycles. The third kappa shape index (κ3) is 7.17. The first-order chi connectivity index (χ1) is 16.5. The molecule has 0 atom stereocenters. The highest BCUT2D eigenvalue weighted by atomic mass is 32.1. The summed E-state index contributed by atoms with van der Waals surface area (Å²) in [4.78, 5) is 31.2. The van der Waals surface area contributed by atoms with E-state index in [-0.39, 0.29) is 18.5 Å². The van der Waals surface area contributed by atoms with Crippen molar-refractivity contribution in [1.29, 1.82) is 0 Å². The predicted octanol–water partition coefficient (Wildman–Crippen LogP) is 5.33. The topological polar surface area (TPSA) is 61.9 Å². The Morgan fingerprint density at radius 3 is 2.38 bits per heavy atom. The highest BCUT2D eigenvalue weighted by Crippen LogP contribution is 2.20. The van der Waals surface area contributed by atoms with E-state index in [0.29, 0.717) is 26.2 Å². The molecule has 2 aromatic carbocycles. The van der Waals surface area contributed by atoms with Crippen molar-refractivity contribution in [3.63, 3.8) is 0 Å². The highest BCUT2D eigenvalue weighted by Gasteiger charge is 2.23. The standard InChI is InChI=1S/C27H33N3O3S/c1-4-23-12-8-9-13-24(23)28-27(32)29(15-16-33-3)20-26(31)30(18-22-10-6-5-7-11-22)19-25-21(2)14-17-34-25/h5-14,17H,4,15-16,18-20H2,1-3H3,(H,28,32). The van der Waals surface area contributed by atoms with Crippen molar-refractivity contribution < 1.29 is 14.3 Å². The van der Waals surface area contributed by atoms with Gasteiger partial charge in [-0.2, -0.15) is 0 Å². The van der Waals surface area contributed by atoms with Crippen molar-refractivity contribution in [3.8, 4) is 0 Å². The molecular formula is C27H33N3O3S. The number of urea groups is 1. The maximum Gasteiger partial charge on any atom is 0.322 e. The van der Waals surface area contributed by atoms with Gasteiger partial charge in [-0.3, -0.25) is 4.79 Å². The maximum atomic E-state index is 13.5. The molecule has 0 radical (unpaired) electrons. The van der Waals surface area contributed by atoms with Crippen molar-refractivity contribution in [2.45, 2.75) is 33.4 Å². The minimum Gasteiger partial charge on any atom is -0.383 e. The summed E-state index contributed by atoms with van der Waals surface area (Å²) in [5, 5.41) is 5.02. The second-order valence-corrected chi connectivity index (χ2v) is 9.12. The van der Waals surface area contributed by atoms with Gasteiger partial charge in [0.2, 0.25) is 5.91 Å². The number of benzene rings is 2. The number of hydrogen-bond donors (Lipinski definition) is 1. The molecule has 0 saturated carbocycles. The number of ether oxygens (including phenoxy) is 1. The van der Waals surface area contributed by atoms with Gasteiger partial charge in [-0.15, -0.1) is 11.3 Å². The number of carbonyl (C=O) groups is 2. The van der Waals surface area contributed by atoms with Crippen LogP contribution >= 0.6 is 11.3 Å². The molecule has 34 heavy (non-hydrogen) atoms. The average molecular weight is 480 g/mol. The van der Waals surface area contributed by atoms with Gasteiger partial charge in [0.15, 0.2) is 0 Å². The molecule has 3 amide bonds. The Kier molecular flexibility index (Phi) is 9.67. The lowest BCUT2D eigenvalue weighted by Crippen LogP contribution is -2.45. The molecule has 3 aromatic rings. The number of methoxy groups -OCH3 is 1. The third-order valence-electron chi connectivity index (χ3n) is 5.69. The predicted molar refractivity (Wildman–Crippen MR) is 138 cm³/mol. The second-order valence-electron chi connectivity index (χ2n) is 8.12. The smallest absolute Gasteiger partial charge is 0.322 e. The first-order valence-corrected chi connectivity index (χ1v) is 12.4. The van der Waals surface area contributed by atoms with Gasteiger partial charge < -0.3 is 19.9 Å². The van der Waals surface area contributed by atoms with Gasteiger partial charge in [0.05, 0.1) is 13.2 Å². The van der Waals surface area contributed by atoms with Crippen LogP contribution in [0.2, 0.25) is 0 Å². The van der Waals surface area contributed by atoms with Gasteiger partial charge in [0.1, 0.15) is 6.54 Å². The Balaban J connectivity index is 1.77. The molecule has 0 fully saturated rings. The summed E-state index contributed by atoms with van der Waals surface area (Å²) in [6, 6.07) is 19.4. The van der Waals surface area contributed by atoms with Crippen LogP contribution < -0.4 is 5.32 Å². The zero-order valence-corrected chi connectivity index (χ0v) is 20.9. The maximum absolute atomic E-state index is 13.5. The van der Waals surface area contributed by atoms with E-state index < -0.39 is 0 Å². The molecule has 7 heteroatoms. The molecule has 0 spiro atoms. The second kappa shape index (κ2) is 12.9. The van der Waals surface area contributed by atoms with Gasteiger partial charge in [-0.1, -0.05) is 55.5 Å². The number of nitrogens with zero attached hydrogens (tertiary/aromatic N) is 2. The number of rotatable bonds is 11. The van der Waals surface area contributed by atoms with Crippen molar-refractivity contribution in [1.82, 2.24) is 9.80 Å². The van der Waals surface area contributed by atoms with Gasteiger partial charge >= 0.3 is 6.03 Å². The minimum absolute atomic E-state index is 0.0270. The van der Waals surface area contributed by atoms with E-state index in [1.54, 1.807) is 18.4 Å². The van der Waals surface area contributed by atoms with E-state index in [0.717, 1.165) is 28.1 Å². The van der Waals surface area contributed by atoms with Crippen molar-refractivity contribution in [3.05, 3.63) is 87.6 Å². The molecule has 0 aliphatic heterocycles. The summed E-state index contributed by atoms with van der Waals surface area (Å²) in [5.41, 5.74) is 4.03. The van der Waals surface area contributed by atoms with Crippen LogP contribution in [0.1, 0.15) is 28.5 Å². The zero-order valence-electron chi connectivity index (χ0n) is 20.1. The molecule has 1 N–H and O–H groups in total. The van der Waals surface area contributed by atoms with Crippen LogP contribution in [-0.4, -0.2) is 48.5 Å². The van der Waals surface area contributed by atoms with Crippen LogP contribution in [0.4, 0.5) is 10.5 Å². The number of anilines is 1. The average Bonchev–Trinajstić information content (AvgIpc) is 3.26. The fourth-order valence-corrected chi connectivity index (χ4v) is 4.56. The SMILES string of the molecule is CCc1ccccc1NC(=O)N(CCOC)CC(=O)N(Cc1ccccc1)Cc1sccc1C. The molecular weight excluding hydrogens is 446 g/mol. The lowest BCUT2D eigenvalue weighted by Gasteiger charge is -2.28. The summed E-state index contributed by atoms with van der Waals surface area (Å²) < 4.78 is 5.21. The summed E-state index contributed by atoms with van der Waals surface area (Å²) in [6.07, 6.45) is 0.804. The number of carbonyl (C=O) groups excluding carboxylic acids is 2. The van der Waals surface area contributed by atoms with Crippen LogP contribution in [0.15, 0.2) is 66.0 Å². The molecule has 3 rings (SSSR count). The summed E-state index contributed by atoms with van der Waals surface area (Å²) in [6.45, 7) is 5.73. The summed E-state index contributed by atoms with van der Waals surface area (Å²) >= 11 is 1.64. The highest BCUT2D eigenvalue weighted by molar-refractivity contribution is 7.10. The first kappa shape index (κ1) is 25.5. The van der Waals surface area contributed by atoms with Gasteiger partial charge in [-0.25, -0.2) is 4.79 Å². The molecule has 0 aliphatic carbocycles. The van der Waals surface area contributed by atoms with Gasteiger partial charge in [0.25, 0.3) is 0 Å². The number of amides is 3. The van der Waals surface area contributed by atoms with E-state index >= 15 is 0 Å². The van der Waals surface area contributed by atoms with Crippen molar-refractivity contribution in [2.24, 2.45) is 0 Å². The fourth-order valence-electron chi connectivity index (χ4n) is 3.64. The Labute approximate surface area is 206 Å². The lowest BCUT2D eigenvalue weighted by atomic mass is 10.1. The van der Waals surface area contributed by atoms with Crippen LogP contribution in [0, 0.1) is 6.92 Å². The Morgan fingerprint density at radius 2 is 1.71 bits per heavy atom. The normalized spacial score (nSPS) is 10.7. The Hall–Kier alpha value is -3.16. The van der Waals surface area contributed by atoms with Crippen LogP contribution in [-0.2, 0) is 29.0 Å². The molecule has 0 saturated heterocycles. The molecule has 1 heterocycles. The molecule has 0 aliphatic rings. The monoisotopic (exact) mass is 479 g/mol. The molecule has 6 nitrogen and oxygen atoms in total.